The first kappa shape index (κ1) is 12.3. The first-order valence-corrected chi connectivity index (χ1v) is 6.20. The van der Waals surface area contributed by atoms with E-state index in [1.54, 1.807) is 0 Å². The van der Waals surface area contributed by atoms with Gasteiger partial charge < -0.3 is 9.63 Å². The molecular formula is C12H13BrN2O2. The summed E-state index contributed by atoms with van der Waals surface area (Å²) in [7, 11) is 0. The van der Waals surface area contributed by atoms with Crippen molar-refractivity contribution < 1.29 is 9.63 Å². The zero-order valence-electron chi connectivity index (χ0n) is 9.64. The number of aliphatic hydroxyl groups excluding tert-OH is 1. The van der Waals surface area contributed by atoms with E-state index in [-0.39, 0.29) is 0 Å². The highest BCUT2D eigenvalue weighted by Gasteiger charge is 2.16. The van der Waals surface area contributed by atoms with E-state index in [4.69, 9.17) is 4.52 Å². The average molecular weight is 297 g/mol. The number of rotatable bonds is 3. The third kappa shape index (κ3) is 2.40. The van der Waals surface area contributed by atoms with Gasteiger partial charge in [0.25, 0.3) is 5.89 Å². The Morgan fingerprint density at radius 3 is 2.94 bits per heavy atom. The lowest BCUT2D eigenvalue weighted by molar-refractivity contribution is 0.159. The molecule has 0 aliphatic rings. The molecular weight excluding hydrogens is 284 g/mol. The molecule has 1 aromatic carbocycles. The lowest BCUT2D eigenvalue weighted by atomic mass is 10.1. The Hall–Kier alpha value is -1.20. The second-order valence-corrected chi connectivity index (χ2v) is 4.65. The van der Waals surface area contributed by atoms with Gasteiger partial charge >= 0.3 is 0 Å². The summed E-state index contributed by atoms with van der Waals surface area (Å²) in [4.78, 5) is 4.20. The van der Waals surface area contributed by atoms with Crippen molar-refractivity contribution in [3.63, 3.8) is 0 Å². The molecule has 0 amide bonds. The van der Waals surface area contributed by atoms with Crippen molar-refractivity contribution in [3.8, 4) is 11.5 Å². The molecule has 0 radical (unpaired) electrons. The maximum absolute atomic E-state index is 9.62. The summed E-state index contributed by atoms with van der Waals surface area (Å²) in [6.07, 6.45) is -0.101. The van der Waals surface area contributed by atoms with Gasteiger partial charge in [0.05, 0.1) is 0 Å². The molecule has 0 fully saturated rings. The SMILES string of the molecule is CCC(O)c1noc(-c2cccc(Br)c2C)n1. The molecule has 5 heteroatoms. The van der Waals surface area contributed by atoms with E-state index in [9.17, 15) is 5.11 Å². The molecule has 17 heavy (non-hydrogen) atoms. The predicted molar refractivity (Wildman–Crippen MR) is 67.4 cm³/mol. The molecule has 1 heterocycles. The van der Waals surface area contributed by atoms with Crippen LogP contribution in [0.4, 0.5) is 0 Å². The van der Waals surface area contributed by atoms with Gasteiger partial charge in [-0.05, 0) is 31.0 Å². The van der Waals surface area contributed by atoms with E-state index in [1.165, 1.54) is 0 Å². The first-order valence-electron chi connectivity index (χ1n) is 5.40. The molecule has 1 unspecified atom stereocenters. The molecule has 0 saturated heterocycles. The number of benzene rings is 1. The third-order valence-corrected chi connectivity index (χ3v) is 3.48. The molecule has 1 aromatic heterocycles. The standard InChI is InChI=1S/C12H13BrN2O2/c1-3-10(16)11-14-12(17-15-11)8-5-4-6-9(13)7(8)2/h4-6,10,16H,3H2,1-2H3. The van der Waals surface area contributed by atoms with Crippen molar-refractivity contribution in [2.45, 2.75) is 26.4 Å². The minimum Gasteiger partial charge on any atom is -0.385 e. The lowest BCUT2D eigenvalue weighted by Gasteiger charge is -2.02. The number of nitrogens with zero attached hydrogens (tertiary/aromatic N) is 2. The highest BCUT2D eigenvalue weighted by atomic mass is 79.9. The molecule has 1 atom stereocenters. The van der Waals surface area contributed by atoms with Crippen LogP contribution in [0.25, 0.3) is 11.5 Å². The minimum absolute atomic E-state index is 0.335. The maximum Gasteiger partial charge on any atom is 0.258 e. The predicted octanol–water partition coefficient (Wildman–Crippen LogP) is 3.25. The Bertz CT molecular complexity index is 525. The van der Waals surface area contributed by atoms with E-state index in [2.05, 4.69) is 26.1 Å². The van der Waals surface area contributed by atoms with Gasteiger partial charge in [0.1, 0.15) is 6.10 Å². The van der Waals surface area contributed by atoms with Crippen molar-refractivity contribution >= 4 is 15.9 Å². The van der Waals surface area contributed by atoms with Gasteiger partial charge in [0.15, 0.2) is 0 Å². The van der Waals surface area contributed by atoms with Crippen LogP contribution in [-0.2, 0) is 0 Å². The van der Waals surface area contributed by atoms with Gasteiger partial charge in [0, 0.05) is 10.0 Å². The van der Waals surface area contributed by atoms with Gasteiger partial charge in [-0.1, -0.05) is 34.1 Å². The van der Waals surface area contributed by atoms with Gasteiger partial charge in [-0.3, -0.25) is 0 Å². The monoisotopic (exact) mass is 296 g/mol. The van der Waals surface area contributed by atoms with Crippen LogP contribution in [0.3, 0.4) is 0 Å². The summed E-state index contributed by atoms with van der Waals surface area (Å²) in [5, 5.41) is 13.4. The van der Waals surface area contributed by atoms with Crippen molar-refractivity contribution in [3.05, 3.63) is 34.1 Å². The summed E-state index contributed by atoms with van der Waals surface area (Å²) >= 11 is 3.45. The molecule has 0 spiro atoms. The van der Waals surface area contributed by atoms with Crippen molar-refractivity contribution in [2.24, 2.45) is 0 Å². The number of aliphatic hydroxyl groups is 1. The second kappa shape index (κ2) is 4.98. The highest BCUT2D eigenvalue weighted by molar-refractivity contribution is 9.10. The van der Waals surface area contributed by atoms with Crippen LogP contribution in [0.2, 0.25) is 0 Å². The van der Waals surface area contributed by atoms with Crippen molar-refractivity contribution in [1.82, 2.24) is 10.1 Å². The molecule has 2 aromatic rings. The average Bonchev–Trinajstić information content (AvgIpc) is 2.81. The molecule has 0 aliphatic carbocycles. The second-order valence-electron chi connectivity index (χ2n) is 3.79. The topological polar surface area (TPSA) is 59.2 Å². The maximum atomic E-state index is 9.62. The molecule has 0 aliphatic heterocycles. The van der Waals surface area contributed by atoms with E-state index >= 15 is 0 Å². The van der Waals surface area contributed by atoms with Gasteiger partial charge in [-0.2, -0.15) is 4.98 Å². The zero-order chi connectivity index (χ0) is 12.4. The van der Waals surface area contributed by atoms with Gasteiger partial charge in [0.2, 0.25) is 5.82 Å². The molecule has 0 saturated carbocycles. The van der Waals surface area contributed by atoms with Crippen LogP contribution in [0, 0.1) is 6.92 Å². The zero-order valence-corrected chi connectivity index (χ0v) is 11.2. The van der Waals surface area contributed by atoms with Crippen LogP contribution in [-0.4, -0.2) is 15.2 Å². The van der Waals surface area contributed by atoms with Crippen LogP contribution in [0.1, 0.15) is 30.8 Å². The number of halogens is 1. The Kier molecular flexibility index (Phi) is 3.59. The molecule has 0 bridgehead atoms. The van der Waals surface area contributed by atoms with Crippen molar-refractivity contribution in [1.29, 1.82) is 0 Å². The summed E-state index contributed by atoms with van der Waals surface area (Å²) in [6, 6.07) is 5.78. The Morgan fingerprint density at radius 1 is 1.47 bits per heavy atom. The van der Waals surface area contributed by atoms with E-state index < -0.39 is 6.10 Å². The van der Waals surface area contributed by atoms with E-state index in [0.717, 1.165) is 15.6 Å². The molecule has 2 rings (SSSR count). The number of aromatic nitrogens is 2. The number of hydrogen-bond donors (Lipinski definition) is 1. The summed E-state index contributed by atoms with van der Waals surface area (Å²) < 4.78 is 6.16. The summed E-state index contributed by atoms with van der Waals surface area (Å²) in [5.41, 5.74) is 1.91. The smallest absolute Gasteiger partial charge is 0.258 e. The summed E-state index contributed by atoms with van der Waals surface area (Å²) in [5.74, 6) is 0.771. The fourth-order valence-electron chi connectivity index (χ4n) is 1.50. The van der Waals surface area contributed by atoms with E-state index in [1.807, 2.05) is 32.0 Å². The van der Waals surface area contributed by atoms with Crippen LogP contribution in [0.15, 0.2) is 27.2 Å². The largest absolute Gasteiger partial charge is 0.385 e. The fraction of sp³-hybridized carbons (Fsp3) is 0.333. The normalized spacial score (nSPS) is 12.7. The Balaban J connectivity index is 2.40. The Morgan fingerprint density at radius 2 is 2.24 bits per heavy atom. The lowest BCUT2D eigenvalue weighted by Crippen LogP contribution is -1.97. The molecule has 90 valence electrons. The third-order valence-electron chi connectivity index (χ3n) is 2.62. The first-order chi connectivity index (χ1) is 8.13. The molecule has 4 nitrogen and oxygen atoms in total. The fourth-order valence-corrected chi connectivity index (χ4v) is 1.87. The number of hydrogen-bond acceptors (Lipinski definition) is 4. The van der Waals surface area contributed by atoms with Crippen LogP contribution >= 0.6 is 15.9 Å². The summed E-state index contributed by atoms with van der Waals surface area (Å²) in [6.45, 7) is 3.84. The molecule has 1 N–H and O–H groups in total. The Labute approximate surface area is 108 Å². The van der Waals surface area contributed by atoms with Gasteiger partial charge in [-0.15, -0.1) is 0 Å². The van der Waals surface area contributed by atoms with E-state index in [0.29, 0.717) is 18.1 Å². The van der Waals surface area contributed by atoms with Gasteiger partial charge in [-0.25, -0.2) is 0 Å². The van der Waals surface area contributed by atoms with Crippen molar-refractivity contribution in [2.75, 3.05) is 0 Å². The minimum atomic E-state index is -0.667. The quantitative estimate of drug-likeness (QED) is 0.944. The van der Waals surface area contributed by atoms with Crippen LogP contribution < -0.4 is 0 Å². The van der Waals surface area contributed by atoms with Crippen LogP contribution in [0.5, 0.6) is 0 Å². The highest BCUT2D eigenvalue weighted by Crippen LogP contribution is 2.28.